The van der Waals surface area contributed by atoms with Crippen LogP contribution in [0.15, 0.2) is 24.4 Å². The largest absolute Gasteiger partial charge is 0.508 e. The normalized spacial score (nSPS) is 10.9. The maximum Gasteiger partial charge on any atom is 0.256 e. The monoisotopic (exact) mass is 329 g/mol. The van der Waals surface area contributed by atoms with E-state index in [1.165, 1.54) is 28.9 Å². The van der Waals surface area contributed by atoms with E-state index in [4.69, 9.17) is 11.5 Å². The minimum Gasteiger partial charge on any atom is -0.508 e. The van der Waals surface area contributed by atoms with Gasteiger partial charge in [-0.3, -0.25) is 4.79 Å². The van der Waals surface area contributed by atoms with Gasteiger partial charge in [-0.25, -0.2) is 9.97 Å². The maximum absolute atomic E-state index is 12.2. The molecule has 0 unspecified atom stereocenters. The first-order valence-corrected chi connectivity index (χ1v) is 7.02. The average molecular weight is 329 g/mol. The van der Waals surface area contributed by atoms with Crippen LogP contribution >= 0.6 is 0 Å². The van der Waals surface area contributed by atoms with E-state index in [1.807, 2.05) is 0 Å². The Morgan fingerprint density at radius 3 is 2.62 bits per heavy atom. The number of phenols is 2. The third-order valence-electron chi connectivity index (χ3n) is 3.23. The van der Waals surface area contributed by atoms with Crippen LogP contribution in [0.25, 0.3) is 17.0 Å². The van der Waals surface area contributed by atoms with Crippen LogP contribution in [0.4, 0.5) is 5.95 Å². The van der Waals surface area contributed by atoms with Crippen LogP contribution in [0.1, 0.15) is 10.4 Å². The summed E-state index contributed by atoms with van der Waals surface area (Å²) in [5, 5.41) is 26.0. The second-order valence-electron chi connectivity index (χ2n) is 4.98. The second-order valence-corrected chi connectivity index (χ2v) is 4.98. The predicted molar refractivity (Wildman–Crippen MR) is 85.3 cm³/mol. The number of nitrogens with two attached hydrogens (primary N) is 2. The number of carbonyl (C=O) groups is 1. The highest BCUT2D eigenvalue weighted by atomic mass is 16.3. The van der Waals surface area contributed by atoms with E-state index in [-0.39, 0.29) is 34.5 Å². The zero-order chi connectivity index (χ0) is 17.3. The maximum atomic E-state index is 12.2. The standard InChI is InChI=1S/C14H15N7O3/c15-1-2-17-13(24)10-6-18-14(16)21-12(10)19-11(20-21)7-3-8(22)5-9(23)4-7/h3-6,22-23H,1-2,15H2,(H2,16,18)(H,17,24). The summed E-state index contributed by atoms with van der Waals surface area (Å²) in [7, 11) is 0. The van der Waals surface area contributed by atoms with E-state index in [9.17, 15) is 15.0 Å². The first-order valence-electron chi connectivity index (χ1n) is 7.02. The van der Waals surface area contributed by atoms with Crippen molar-refractivity contribution in [2.24, 2.45) is 5.73 Å². The quantitative estimate of drug-likeness (QED) is 0.426. The lowest BCUT2D eigenvalue weighted by molar-refractivity contribution is 0.0955. The highest BCUT2D eigenvalue weighted by Crippen LogP contribution is 2.27. The Labute approximate surface area is 135 Å². The molecular formula is C14H15N7O3. The SMILES string of the molecule is NCCNC(=O)c1cnc(N)n2nc(-c3cc(O)cc(O)c3)nc12. The number of anilines is 1. The number of amides is 1. The molecule has 3 aromatic rings. The van der Waals surface area contributed by atoms with Crippen molar-refractivity contribution in [2.75, 3.05) is 18.8 Å². The van der Waals surface area contributed by atoms with E-state index in [0.29, 0.717) is 18.7 Å². The van der Waals surface area contributed by atoms with E-state index >= 15 is 0 Å². The van der Waals surface area contributed by atoms with Crippen LogP contribution < -0.4 is 16.8 Å². The summed E-state index contributed by atoms with van der Waals surface area (Å²) in [4.78, 5) is 20.4. The zero-order valence-corrected chi connectivity index (χ0v) is 12.5. The third kappa shape index (κ3) is 2.77. The van der Waals surface area contributed by atoms with Gasteiger partial charge in [-0.1, -0.05) is 0 Å². The van der Waals surface area contributed by atoms with Gasteiger partial charge in [0.1, 0.15) is 17.1 Å². The number of carbonyl (C=O) groups excluding carboxylic acids is 1. The van der Waals surface area contributed by atoms with Crippen molar-refractivity contribution in [2.45, 2.75) is 0 Å². The molecule has 0 atom stereocenters. The highest BCUT2D eigenvalue weighted by Gasteiger charge is 2.18. The third-order valence-corrected chi connectivity index (χ3v) is 3.23. The molecule has 2 heterocycles. The molecule has 0 radical (unpaired) electrons. The molecule has 124 valence electrons. The van der Waals surface area contributed by atoms with Crippen LogP contribution in [-0.4, -0.2) is 48.8 Å². The Hall–Kier alpha value is -3.40. The minimum atomic E-state index is -0.407. The summed E-state index contributed by atoms with van der Waals surface area (Å²) in [5.41, 5.74) is 11.9. The number of aromatic nitrogens is 4. The van der Waals surface area contributed by atoms with Crippen molar-refractivity contribution in [1.82, 2.24) is 24.9 Å². The molecule has 10 nitrogen and oxygen atoms in total. The van der Waals surface area contributed by atoms with Gasteiger partial charge in [-0.15, -0.1) is 5.10 Å². The van der Waals surface area contributed by atoms with Crippen LogP contribution in [0.2, 0.25) is 0 Å². The van der Waals surface area contributed by atoms with Gasteiger partial charge >= 0.3 is 0 Å². The number of benzene rings is 1. The van der Waals surface area contributed by atoms with E-state index < -0.39 is 5.91 Å². The summed E-state index contributed by atoms with van der Waals surface area (Å²) in [6.45, 7) is 0.599. The van der Waals surface area contributed by atoms with Gasteiger partial charge in [-0.2, -0.15) is 4.52 Å². The van der Waals surface area contributed by atoms with E-state index in [0.717, 1.165) is 0 Å². The summed E-state index contributed by atoms with van der Waals surface area (Å²) >= 11 is 0. The summed E-state index contributed by atoms with van der Waals surface area (Å²) in [6.07, 6.45) is 1.30. The molecule has 2 aromatic heterocycles. The molecular weight excluding hydrogens is 314 g/mol. The molecule has 1 amide bonds. The molecule has 0 saturated heterocycles. The van der Waals surface area contributed by atoms with Crippen LogP contribution in [0.3, 0.4) is 0 Å². The fraction of sp³-hybridized carbons (Fsp3) is 0.143. The molecule has 3 rings (SSSR count). The fourth-order valence-electron chi connectivity index (χ4n) is 2.18. The first kappa shape index (κ1) is 15.5. The summed E-state index contributed by atoms with van der Waals surface area (Å²) in [6, 6.07) is 3.94. The predicted octanol–water partition coefficient (Wildman–Crippen LogP) is -0.527. The fourth-order valence-corrected chi connectivity index (χ4v) is 2.18. The number of fused-ring (bicyclic) bond motifs is 1. The first-order chi connectivity index (χ1) is 11.5. The molecule has 0 aliphatic heterocycles. The molecule has 10 heteroatoms. The molecule has 0 fully saturated rings. The molecule has 0 spiro atoms. The van der Waals surface area contributed by atoms with Crippen LogP contribution in [0.5, 0.6) is 11.5 Å². The molecule has 0 saturated carbocycles. The molecule has 0 bridgehead atoms. The van der Waals surface area contributed by atoms with Crippen molar-refractivity contribution >= 4 is 17.5 Å². The zero-order valence-electron chi connectivity index (χ0n) is 12.5. The average Bonchev–Trinajstić information content (AvgIpc) is 2.98. The number of hydrogen-bond donors (Lipinski definition) is 5. The molecule has 7 N–H and O–H groups in total. The summed E-state index contributed by atoms with van der Waals surface area (Å²) < 4.78 is 1.22. The molecule has 0 aliphatic carbocycles. The van der Waals surface area contributed by atoms with E-state index in [2.05, 4.69) is 20.4 Å². The summed E-state index contributed by atoms with van der Waals surface area (Å²) in [5.74, 6) is -0.473. The minimum absolute atomic E-state index is 0.0449. The van der Waals surface area contributed by atoms with Crippen molar-refractivity contribution in [3.8, 4) is 22.9 Å². The lowest BCUT2D eigenvalue weighted by Gasteiger charge is -2.04. The number of nitrogens with zero attached hydrogens (tertiary/aromatic N) is 4. The number of phenolic OH excluding ortho intramolecular Hbond substituents is 2. The molecule has 1 aromatic carbocycles. The van der Waals surface area contributed by atoms with Crippen molar-refractivity contribution in [3.05, 3.63) is 30.0 Å². The van der Waals surface area contributed by atoms with Gasteiger partial charge in [0, 0.05) is 30.9 Å². The van der Waals surface area contributed by atoms with Gasteiger partial charge in [0.15, 0.2) is 11.5 Å². The van der Waals surface area contributed by atoms with Crippen molar-refractivity contribution < 1.29 is 15.0 Å². The van der Waals surface area contributed by atoms with Gasteiger partial charge in [0.2, 0.25) is 5.95 Å². The number of aromatic hydroxyl groups is 2. The van der Waals surface area contributed by atoms with Gasteiger partial charge < -0.3 is 27.0 Å². The van der Waals surface area contributed by atoms with Gasteiger partial charge in [0.25, 0.3) is 5.91 Å². The Kier molecular flexibility index (Phi) is 3.88. The Morgan fingerprint density at radius 2 is 1.96 bits per heavy atom. The van der Waals surface area contributed by atoms with Crippen LogP contribution in [-0.2, 0) is 0 Å². The Balaban J connectivity index is 2.13. The van der Waals surface area contributed by atoms with E-state index in [1.54, 1.807) is 0 Å². The number of nitrogens with one attached hydrogen (secondary N) is 1. The highest BCUT2D eigenvalue weighted by molar-refractivity contribution is 5.99. The van der Waals surface area contributed by atoms with Gasteiger partial charge in [0.05, 0.1) is 0 Å². The topological polar surface area (TPSA) is 165 Å². The lowest BCUT2D eigenvalue weighted by Crippen LogP contribution is -2.29. The number of nitrogen functional groups attached to an aromatic ring is 1. The molecule has 24 heavy (non-hydrogen) atoms. The Morgan fingerprint density at radius 1 is 1.25 bits per heavy atom. The van der Waals surface area contributed by atoms with Crippen molar-refractivity contribution in [3.63, 3.8) is 0 Å². The van der Waals surface area contributed by atoms with Gasteiger partial charge in [-0.05, 0) is 12.1 Å². The lowest BCUT2D eigenvalue weighted by atomic mass is 10.2. The smallest absolute Gasteiger partial charge is 0.256 e. The number of rotatable bonds is 4. The Bertz CT molecular complexity index is 902. The molecule has 0 aliphatic rings. The van der Waals surface area contributed by atoms with Crippen LogP contribution in [0, 0.1) is 0 Å². The second kappa shape index (κ2) is 6.01. The van der Waals surface area contributed by atoms with Crippen molar-refractivity contribution in [1.29, 1.82) is 0 Å². The number of hydrogen-bond acceptors (Lipinski definition) is 8.